The van der Waals surface area contributed by atoms with E-state index in [-0.39, 0.29) is 69.8 Å². The van der Waals surface area contributed by atoms with Crippen LogP contribution in [0.15, 0.2) is 17.7 Å². The number of carbonyl (C=O) groups is 3. The normalized spacial score (nSPS) is 11.4. The van der Waals surface area contributed by atoms with Crippen LogP contribution in [0.3, 0.4) is 0 Å². The van der Waals surface area contributed by atoms with E-state index in [1.165, 1.54) is 4.90 Å². The number of nitro groups is 1. The number of likely N-dealkylation sites (N-methyl/N-ethyl adjacent to an activating group) is 1. The van der Waals surface area contributed by atoms with E-state index in [4.69, 9.17) is 28.4 Å². The Morgan fingerprint density at radius 2 is 1.56 bits per heavy atom. The lowest BCUT2D eigenvalue weighted by molar-refractivity contribution is -0.385. The van der Waals surface area contributed by atoms with Gasteiger partial charge in [-0.25, -0.2) is 4.79 Å². The second-order valence-electron chi connectivity index (χ2n) is 9.67. The van der Waals surface area contributed by atoms with Gasteiger partial charge in [-0.3, -0.25) is 19.7 Å². The molecule has 0 radical (unpaired) electrons. The van der Waals surface area contributed by atoms with Crippen molar-refractivity contribution < 1.29 is 52.8 Å². The first-order valence-corrected chi connectivity index (χ1v) is 13.5. The molecule has 0 saturated carbocycles. The number of nitriles is 1. The number of esters is 1. The predicted octanol–water partition coefficient (Wildman–Crippen LogP) is 3.37. The van der Waals surface area contributed by atoms with Crippen LogP contribution in [0.4, 0.5) is 10.5 Å². The lowest BCUT2D eigenvalue weighted by Gasteiger charge is -2.19. The minimum Gasteiger partial charge on any atom is -0.499 e. The summed E-state index contributed by atoms with van der Waals surface area (Å²) in [6.07, 6.45) is -0.0342. The van der Waals surface area contributed by atoms with Crippen molar-refractivity contribution in [3.63, 3.8) is 0 Å². The van der Waals surface area contributed by atoms with Gasteiger partial charge < -0.3 is 38.4 Å². The monoisotopic (exact) mass is 609 g/mol. The second kappa shape index (κ2) is 19.0. The zero-order valence-electron chi connectivity index (χ0n) is 25.1. The first kappa shape index (κ1) is 36.8. The fraction of sp³-hybridized carbons (Fsp3) is 0.571. The van der Waals surface area contributed by atoms with Gasteiger partial charge in [0.2, 0.25) is 5.75 Å². The maximum atomic E-state index is 12.5. The van der Waals surface area contributed by atoms with Gasteiger partial charge in [0.15, 0.2) is 5.75 Å². The molecule has 0 atom stereocenters. The van der Waals surface area contributed by atoms with Gasteiger partial charge in [-0.1, -0.05) is 0 Å². The fourth-order valence-corrected chi connectivity index (χ4v) is 3.30. The van der Waals surface area contributed by atoms with Gasteiger partial charge in [-0.15, -0.1) is 0 Å². The first-order valence-electron chi connectivity index (χ1n) is 13.5. The van der Waals surface area contributed by atoms with Crippen molar-refractivity contribution in [2.75, 3.05) is 59.3 Å². The SMILES string of the molecule is CCN(CC)C(=O)C(C#N)=Cc1cc(OC(=O)OCCOCCOCCOCCC(=O)OC(C)(C)C)c(O)c([N+](=O)[O-])c1. The summed E-state index contributed by atoms with van der Waals surface area (Å²) in [4.78, 5) is 48.1. The van der Waals surface area contributed by atoms with E-state index in [1.807, 2.05) is 0 Å². The Morgan fingerprint density at radius 1 is 1.00 bits per heavy atom. The number of nitro benzene ring substituents is 1. The Hall–Kier alpha value is -4.26. The van der Waals surface area contributed by atoms with E-state index in [1.54, 1.807) is 40.7 Å². The second-order valence-corrected chi connectivity index (χ2v) is 9.67. The molecule has 0 unspecified atom stereocenters. The number of aromatic hydroxyl groups is 1. The number of amides is 1. The smallest absolute Gasteiger partial charge is 0.499 e. The molecular weight excluding hydrogens is 570 g/mol. The van der Waals surface area contributed by atoms with Gasteiger partial charge in [-0.05, 0) is 52.3 Å². The molecule has 15 nitrogen and oxygen atoms in total. The Kier molecular flexibility index (Phi) is 16.3. The van der Waals surface area contributed by atoms with Crippen LogP contribution < -0.4 is 4.74 Å². The summed E-state index contributed by atoms with van der Waals surface area (Å²) in [5.74, 6) is -2.46. The Labute approximate surface area is 250 Å². The van der Waals surface area contributed by atoms with Crippen molar-refractivity contribution in [1.82, 2.24) is 4.90 Å². The number of phenols is 1. The van der Waals surface area contributed by atoms with E-state index >= 15 is 0 Å². The van der Waals surface area contributed by atoms with Crippen LogP contribution >= 0.6 is 0 Å². The minimum absolute atomic E-state index is 0.0151. The van der Waals surface area contributed by atoms with E-state index in [0.717, 1.165) is 18.2 Å². The van der Waals surface area contributed by atoms with Gasteiger partial charge in [-0.2, -0.15) is 5.26 Å². The summed E-state index contributed by atoms with van der Waals surface area (Å²) in [5, 5.41) is 31.1. The molecule has 1 aromatic carbocycles. The zero-order valence-corrected chi connectivity index (χ0v) is 25.1. The van der Waals surface area contributed by atoms with E-state index in [9.17, 15) is 34.9 Å². The summed E-state index contributed by atoms with van der Waals surface area (Å²) in [7, 11) is 0. The summed E-state index contributed by atoms with van der Waals surface area (Å²) >= 11 is 0. The number of hydrogen-bond acceptors (Lipinski definition) is 13. The molecule has 0 heterocycles. The zero-order chi connectivity index (χ0) is 32.4. The number of benzene rings is 1. The maximum absolute atomic E-state index is 12.5. The Morgan fingerprint density at radius 3 is 2.07 bits per heavy atom. The van der Waals surface area contributed by atoms with Gasteiger partial charge in [0.1, 0.15) is 23.9 Å². The fourth-order valence-electron chi connectivity index (χ4n) is 3.30. The number of carbonyl (C=O) groups excluding carboxylic acids is 3. The molecule has 0 spiro atoms. The highest BCUT2D eigenvalue weighted by Crippen LogP contribution is 2.38. The van der Waals surface area contributed by atoms with Gasteiger partial charge >= 0.3 is 17.8 Å². The molecule has 0 aliphatic rings. The van der Waals surface area contributed by atoms with Crippen LogP contribution in [-0.4, -0.2) is 97.9 Å². The molecule has 43 heavy (non-hydrogen) atoms. The molecule has 0 fully saturated rings. The summed E-state index contributed by atoms with van der Waals surface area (Å²) < 4.78 is 30.9. The van der Waals surface area contributed by atoms with Crippen LogP contribution in [0.1, 0.15) is 46.6 Å². The van der Waals surface area contributed by atoms with Gasteiger partial charge in [0, 0.05) is 19.2 Å². The number of ether oxygens (including phenoxy) is 6. The maximum Gasteiger partial charge on any atom is 0.514 e. The van der Waals surface area contributed by atoms with Crippen molar-refractivity contribution in [3.05, 3.63) is 33.4 Å². The van der Waals surface area contributed by atoms with Crippen LogP contribution in [0.5, 0.6) is 11.5 Å². The summed E-state index contributed by atoms with van der Waals surface area (Å²) in [5.41, 5.74) is -1.67. The van der Waals surface area contributed by atoms with E-state index < -0.39 is 39.8 Å². The molecule has 0 saturated heterocycles. The molecule has 1 amide bonds. The number of nitrogens with zero attached hydrogens (tertiary/aromatic N) is 3. The third-order valence-electron chi connectivity index (χ3n) is 5.24. The van der Waals surface area contributed by atoms with Crippen LogP contribution in [-0.2, 0) is 33.3 Å². The quantitative estimate of drug-likeness (QED) is 0.0484. The average Bonchev–Trinajstić information content (AvgIpc) is 2.93. The first-order chi connectivity index (χ1) is 20.3. The number of phenolic OH excluding ortho intramolecular Hbond substituents is 1. The van der Waals surface area contributed by atoms with Gasteiger partial charge in [0.05, 0.1) is 51.0 Å². The highest BCUT2D eigenvalue weighted by atomic mass is 16.7. The van der Waals surface area contributed by atoms with Crippen molar-refractivity contribution in [2.24, 2.45) is 0 Å². The molecule has 0 aliphatic carbocycles. The average molecular weight is 610 g/mol. The van der Waals surface area contributed by atoms with Crippen LogP contribution in [0, 0.1) is 21.4 Å². The van der Waals surface area contributed by atoms with Crippen molar-refractivity contribution in [1.29, 1.82) is 5.26 Å². The molecule has 238 valence electrons. The van der Waals surface area contributed by atoms with E-state index in [2.05, 4.69) is 0 Å². The molecule has 15 heteroatoms. The van der Waals surface area contributed by atoms with Crippen LogP contribution in [0.25, 0.3) is 6.08 Å². The van der Waals surface area contributed by atoms with E-state index in [0.29, 0.717) is 13.1 Å². The number of hydrogen-bond donors (Lipinski definition) is 1. The number of rotatable bonds is 18. The molecule has 1 aromatic rings. The van der Waals surface area contributed by atoms with Gasteiger partial charge in [0.25, 0.3) is 5.91 Å². The minimum atomic E-state index is -1.27. The molecule has 0 bridgehead atoms. The Bertz CT molecular complexity index is 1170. The largest absolute Gasteiger partial charge is 0.514 e. The molecule has 1 rings (SSSR count). The highest BCUT2D eigenvalue weighted by molar-refractivity contribution is 6.01. The topological polar surface area (TPSA) is 197 Å². The third-order valence-corrected chi connectivity index (χ3v) is 5.24. The standard InChI is InChI=1S/C28H39N3O12/c1-6-30(7-2)26(34)21(19-29)16-20-17-22(31(36)37)25(33)23(18-20)42-27(35)41-15-14-40-13-12-39-11-10-38-9-8-24(32)43-28(3,4)5/h16-18,33H,6-15H2,1-5H3. The molecule has 1 N–H and O–H groups in total. The van der Waals surface area contributed by atoms with Crippen molar-refractivity contribution >= 4 is 29.8 Å². The lowest BCUT2D eigenvalue weighted by atomic mass is 10.1. The van der Waals surface area contributed by atoms with Crippen molar-refractivity contribution in [3.8, 4) is 17.6 Å². The summed E-state index contributed by atoms with van der Waals surface area (Å²) in [6.45, 7) is 10.5. The van der Waals surface area contributed by atoms with Crippen LogP contribution in [0.2, 0.25) is 0 Å². The third kappa shape index (κ3) is 14.5. The Balaban J connectivity index is 2.49. The predicted molar refractivity (Wildman–Crippen MR) is 151 cm³/mol. The molecule has 0 aromatic heterocycles. The summed E-state index contributed by atoms with van der Waals surface area (Å²) in [6, 6.07) is 3.76. The lowest BCUT2D eigenvalue weighted by Crippen LogP contribution is -2.31. The molecule has 0 aliphatic heterocycles. The van der Waals surface area contributed by atoms with Crippen molar-refractivity contribution in [2.45, 2.75) is 46.6 Å². The highest BCUT2D eigenvalue weighted by Gasteiger charge is 2.24. The molecular formula is C28H39N3O12.